The Labute approximate surface area is 127 Å². The van der Waals surface area contributed by atoms with Gasteiger partial charge in [0.1, 0.15) is 12.2 Å². The van der Waals surface area contributed by atoms with E-state index in [1.807, 2.05) is 6.92 Å². The molecule has 0 aliphatic heterocycles. The normalized spacial score (nSPS) is 18.4. The number of hydrogen-bond acceptors (Lipinski definition) is 3. The van der Waals surface area contributed by atoms with Crippen molar-refractivity contribution in [3.8, 4) is 0 Å². The van der Waals surface area contributed by atoms with Crippen LogP contribution in [-0.4, -0.2) is 24.8 Å². The third-order valence-electron chi connectivity index (χ3n) is 4.27. The number of allylic oxidation sites excluding steroid dienone is 2. The Balaban J connectivity index is 2.26. The smallest absolute Gasteiger partial charge is 0.333 e. The van der Waals surface area contributed by atoms with E-state index in [2.05, 4.69) is 18.7 Å². The number of ether oxygens (including phenoxy) is 2. The van der Waals surface area contributed by atoms with Gasteiger partial charge in [-0.25, -0.2) is 4.79 Å². The van der Waals surface area contributed by atoms with E-state index in [0.29, 0.717) is 12.2 Å². The minimum Gasteiger partial charge on any atom is -0.459 e. The van der Waals surface area contributed by atoms with Crippen LogP contribution in [0.5, 0.6) is 0 Å². The summed E-state index contributed by atoms with van der Waals surface area (Å²) in [6.07, 6.45) is 11.1. The third kappa shape index (κ3) is 3.46. The lowest BCUT2D eigenvalue weighted by Gasteiger charge is -2.36. The van der Waals surface area contributed by atoms with Crippen molar-refractivity contribution in [2.75, 3.05) is 13.2 Å². The van der Waals surface area contributed by atoms with Gasteiger partial charge in [0.2, 0.25) is 0 Å². The molecule has 2 rings (SSSR count). The fraction of sp³-hybridized carbons (Fsp3) is 0.611. The first-order chi connectivity index (χ1) is 10.1. The molecular weight excluding hydrogens is 264 g/mol. The molecule has 0 amide bonds. The lowest BCUT2D eigenvalue weighted by Crippen LogP contribution is -2.42. The van der Waals surface area contributed by atoms with Crippen molar-refractivity contribution in [2.24, 2.45) is 0 Å². The van der Waals surface area contributed by atoms with Gasteiger partial charge in [0, 0.05) is 12.2 Å². The SMILES string of the molecule is C=C(C)C(=O)OCC(OCC)(C1=CCCC1)C1=CCCC1. The Bertz CT molecular complexity index is 447. The number of carbonyl (C=O) groups excluding carboxylic acids is 1. The molecule has 0 unspecified atom stereocenters. The maximum absolute atomic E-state index is 11.8. The first kappa shape index (κ1) is 16.0. The summed E-state index contributed by atoms with van der Waals surface area (Å²) in [5.41, 5.74) is 2.47. The molecule has 0 saturated heterocycles. The second kappa shape index (κ2) is 7.08. The van der Waals surface area contributed by atoms with Crippen LogP contribution in [0.4, 0.5) is 0 Å². The molecule has 3 nitrogen and oxygen atoms in total. The summed E-state index contributed by atoms with van der Waals surface area (Å²) < 4.78 is 11.7. The molecule has 0 fully saturated rings. The number of hydrogen-bond donors (Lipinski definition) is 0. The highest BCUT2D eigenvalue weighted by molar-refractivity contribution is 5.87. The summed E-state index contributed by atoms with van der Waals surface area (Å²) >= 11 is 0. The molecule has 0 heterocycles. The largest absolute Gasteiger partial charge is 0.459 e. The molecule has 0 aromatic carbocycles. The van der Waals surface area contributed by atoms with Crippen LogP contribution in [0.1, 0.15) is 52.4 Å². The quantitative estimate of drug-likeness (QED) is 0.402. The first-order valence-electron chi connectivity index (χ1n) is 7.95. The van der Waals surface area contributed by atoms with Crippen molar-refractivity contribution in [1.29, 1.82) is 0 Å². The molecule has 0 spiro atoms. The van der Waals surface area contributed by atoms with Gasteiger partial charge in [0.25, 0.3) is 0 Å². The predicted molar refractivity (Wildman–Crippen MR) is 84.0 cm³/mol. The molecule has 3 heteroatoms. The molecule has 116 valence electrons. The Hall–Kier alpha value is -1.35. The molecule has 0 bridgehead atoms. The maximum Gasteiger partial charge on any atom is 0.333 e. The van der Waals surface area contributed by atoms with Gasteiger partial charge in [0.05, 0.1) is 0 Å². The predicted octanol–water partition coefficient (Wildman–Crippen LogP) is 4.10. The van der Waals surface area contributed by atoms with Gasteiger partial charge in [-0.3, -0.25) is 0 Å². The fourth-order valence-electron chi connectivity index (χ4n) is 3.23. The van der Waals surface area contributed by atoms with Crippen LogP contribution in [0.3, 0.4) is 0 Å². The highest BCUT2D eigenvalue weighted by Gasteiger charge is 2.41. The van der Waals surface area contributed by atoms with Crippen molar-refractivity contribution in [1.82, 2.24) is 0 Å². The molecule has 21 heavy (non-hydrogen) atoms. The number of rotatable bonds is 7. The molecule has 0 N–H and O–H groups in total. The lowest BCUT2D eigenvalue weighted by atomic mass is 9.84. The van der Waals surface area contributed by atoms with E-state index in [-0.39, 0.29) is 12.6 Å². The van der Waals surface area contributed by atoms with Crippen molar-refractivity contribution < 1.29 is 14.3 Å². The van der Waals surface area contributed by atoms with E-state index in [1.54, 1.807) is 6.92 Å². The molecule has 0 atom stereocenters. The van der Waals surface area contributed by atoms with E-state index in [4.69, 9.17) is 9.47 Å². The summed E-state index contributed by atoms with van der Waals surface area (Å²) in [7, 11) is 0. The monoisotopic (exact) mass is 290 g/mol. The zero-order valence-corrected chi connectivity index (χ0v) is 13.2. The zero-order valence-electron chi connectivity index (χ0n) is 13.2. The molecule has 2 aliphatic carbocycles. The second-order valence-corrected chi connectivity index (χ2v) is 5.86. The molecule has 0 saturated carbocycles. The van der Waals surface area contributed by atoms with Crippen molar-refractivity contribution in [3.63, 3.8) is 0 Å². The van der Waals surface area contributed by atoms with Gasteiger partial charge in [-0.1, -0.05) is 18.7 Å². The van der Waals surface area contributed by atoms with Crippen LogP contribution >= 0.6 is 0 Å². The first-order valence-corrected chi connectivity index (χ1v) is 7.95. The molecule has 0 aromatic heterocycles. The molecule has 0 aromatic rings. The second-order valence-electron chi connectivity index (χ2n) is 5.86. The highest BCUT2D eigenvalue weighted by atomic mass is 16.6. The minimum atomic E-state index is -0.535. The Morgan fingerprint density at radius 2 is 1.81 bits per heavy atom. The molecule has 2 aliphatic rings. The van der Waals surface area contributed by atoms with E-state index in [9.17, 15) is 4.79 Å². The standard InChI is InChI=1S/C18H26O3/c1-4-21-18(15-9-5-6-10-15,16-11-7-8-12-16)13-20-17(19)14(2)3/h9,11H,2,4-8,10,12-13H2,1,3H3. The van der Waals surface area contributed by atoms with Crippen LogP contribution in [0.25, 0.3) is 0 Å². The van der Waals surface area contributed by atoms with Gasteiger partial charge in [0.15, 0.2) is 0 Å². The van der Waals surface area contributed by atoms with Crippen molar-refractivity contribution in [3.05, 3.63) is 35.5 Å². The zero-order chi connectivity index (χ0) is 15.3. The van der Waals surface area contributed by atoms with Crippen LogP contribution in [0.2, 0.25) is 0 Å². The molecular formula is C18H26O3. The summed E-state index contributed by atoms with van der Waals surface area (Å²) in [6.45, 7) is 8.21. The minimum absolute atomic E-state index is 0.268. The molecule has 0 radical (unpaired) electrons. The number of carbonyl (C=O) groups is 1. The average Bonchev–Trinajstić information content (AvgIpc) is 3.15. The van der Waals surface area contributed by atoms with Crippen LogP contribution < -0.4 is 0 Å². The maximum atomic E-state index is 11.8. The van der Waals surface area contributed by atoms with Gasteiger partial charge in [-0.2, -0.15) is 0 Å². The summed E-state index contributed by atoms with van der Waals surface area (Å²) in [6, 6.07) is 0. The van der Waals surface area contributed by atoms with Crippen LogP contribution in [0, 0.1) is 0 Å². The number of esters is 1. The third-order valence-corrected chi connectivity index (χ3v) is 4.27. The fourth-order valence-corrected chi connectivity index (χ4v) is 3.23. The van der Waals surface area contributed by atoms with Gasteiger partial charge in [-0.15, -0.1) is 0 Å². The van der Waals surface area contributed by atoms with E-state index in [1.165, 1.54) is 11.1 Å². The van der Waals surface area contributed by atoms with Crippen LogP contribution in [0.15, 0.2) is 35.5 Å². The van der Waals surface area contributed by atoms with E-state index in [0.717, 1.165) is 38.5 Å². The Kier molecular flexibility index (Phi) is 5.40. The van der Waals surface area contributed by atoms with Crippen LogP contribution in [-0.2, 0) is 14.3 Å². The summed E-state index contributed by atoms with van der Waals surface area (Å²) in [5.74, 6) is -0.337. The Morgan fingerprint density at radius 3 is 2.19 bits per heavy atom. The van der Waals surface area contributed by atoms with E-state index < -0.39 is 5.60 Å². The topological polar surface area (TPSA) is 35.5 Å². The summed E-state index contributed by atoms with van der Waals surface area (Å²) in [4.78, 5) is 11.8. The van der Waals surface area contributed by atoms with Crippen molar-refractivity contribution in [2.45, 2.75) is 58.0 Å². The van der Waals surface area contributed by atoms with Gasteiger partial charge >= 0.3 is 5.97 Å². The highest BCUT2D eigenvalue weighted by Crippen LogP contribution is 2.41. The lowest BCUT2D eigenvalue weighted by molar-refractivity contribution is -0.145. The van der Waals surface area contributed by atoms with Crippen molar-refractivity contribution >= 4 is 5.97 Å². The summed E-state index contributed by atoms with van der Waals surface area (Å²) in [5, 5.41) is 0. The van der Waals surface area contributed by atoms with Gasteiger partial charge < -0.3 is 9.47 Å². The Morgan fingerprint density at radius 1 is 1.24 bits per heavy atom. The van der Waals surface area contributed by atoms with E-state index >= 15 is 0 Å². The average molecular weight is 290 g/mol. The van der Waals surface area contributed by atoms with Gasteiger partial charge in [-0.05, 0) is 63.5 Å².